The minimum Gasteiger partial charge on any atom is -0.352 e. The van der Waals surface area contributed by atoms with E-state index in [9.17, 15) is 4.79 Å². The molecular formula is C15H16N2O. The van der Waals surface area contributed by atoms with E-state index in [1.165, 1.54) is 0 Å². The summed E-state index contributed by atoms with van der Waals surface area (Å²) in [7, 11) is 0. The zero-order chi connectivity index (χ0) is 12.8. The van der Waals surface area contributed by atoms with Gasteiger partial charge in [-0.05, 0) is 24.8 Å². The monoisotopic (exact) mass is 240 g/mol. The van der Waals surface area contributed by atoms with Crippen LogP contribution in [0.1, 0.15) is 18.4 Å². The number of benzene rings is 1. The molecule has 1 atom stereocenters. The highest BCUT2D eigenvalue weighted by Crippen LogP contribution is 2.12. The van der Waals surface area contributed by atoms with Crippen molar-refractivity contribution in [3.63, 3.8) is 0 Å². The molecule has 92 valence electrons. The van der Waals surface area contributed by atoms with Crippen molar-refractivity contribution in [3.8, 4) is 6.07 Å². The maximum absolute atomic E-state index is 12.0. The molecule has 3 heteroatoms. The van der Waals surface area contributed by atoms with Crippen molar-refractivity contribution in [2.24, 2.45) is 5.92 Å². The van der Waals surface area contributed by atoms with Gasteiger partial charge >= 0.3 is 0 Å². The fourth-order valence-corrected chi connectivity index (χ4v) is 2.08. The third-order valence-corrected chi connectivity index (χ3v) is 3.11. The van der Waals surface area contributed by atoms with Crippen LogP contribution in [-0.4, -0.2) is 11.9 Å². The minimum atomic E-state index is -0.604. The lowest BCUT2D eigenvalue weighted by Gasteiger charge is -2.15. The van der Waals surface area contributed by atoms with Gasteiger partial charge < -0.3 is 5.32 Å². The molecule has 0 aliphatic heterocycles. The number of hydrogen-bond donors (Lipinski definition) is 1. The van der Waals surface area contributed by atoms with Gasteiger partial charge in [0.05, 0.1) is 6.07 Å². The van der Waals surface area contributed by atoms with Crippen molar-refractivity contribution >= 4 is 5.91 Å². The lowest BCUT2D eigenvalue weighted by atomic mass is 9.99. The number of nitrogens with one attached hydrogen (secondary N) is 1. The number of carbonyl (C=O) groups excluding carboxylic acids is 1. The lowest BCUT2D eigenvalue weighted by Crippen LogP contribution is -2.37. The summed E-state index contributed by atoms with van der Waals surface area (Å²) in [5.41, 5.74) is 1.02. The van der Waals surface area contributed by atoms with Crippen molar-refractivity contribution in [1.82, 2.24) is 5.32 Å². The molecule has 1 aromatic carbocycles. The second kappa shape index (κ2) is 6.02. The molecule has 1 aliphatic rings. The molecule has 1 aromatic rings. The molecule has 0 spiro atoms. The third-order valence-electron chi connectivity index (χ3n) is 3.11. The van der Waals surface area contributed by atoms with E-state index in [1.54, 1.807) is 0 Å². The minimum absolute atomic E-state index is 0.157. The molecule has 1 unspecified atom stereocenters. The zero-order valence-electron chi connectivity index (χ0n) is 10.2. The highest BCUT2D eigenvalue weighted by Gasteiger charge is 2.21. The van der Waals surface area contributed by atoms with E-state index in [1.807, 2.05) is 30.3 Å². The molecule has 2 rings (SSSR count). The second-order valence-electron chi connectivity index (χ2n) is 4.52. The van der Waals surface area contributed by atoms with Gasteiger partial charge in [0.2, 0.25) is 5.91 Å². The van der Waals surface area contributed by atoms with Crippen molar-refractivity contribution < 1.29 is 4.79 Å². The Kier molecular flexibility index (Phi) is 4.14. The van der Waals surface area contributed by atoms with E-state index in [2.05, 4.69) is 23.5 Å². The van der Waals surface area contributed by atoms with Gasteiger partial charge in [-0.2, -0.15) is 5.26 Å². The normalized spacial score (nSPS) is 16.2. The first-order valence-electron chi connectivity index (χ1n) is 6.18. The van der Waals surface area contributed by atoms with E-state index in [-0.39, 0.29) is 11.9 Å². The number of rotatable bonds is 4. The van der Waals surface area contributed by atoms with E-state index < -0.39 is 5.92 Å². The Bertz CT molecular complexity index is 465. The molecule has 18 heavy (non-hydrogen) atoms. The molecule has 0 heterocycles. The van der Waals surface area contributed by atoms with Gasteiger partial charge in [-0.15, -0.1) is 0 Å². The van der Waals surface area contributed by atoms with Crippen molar-refractivity contribution in [2.45, 2.75) is 25.3 Å². The van der Waals surface area contributed by atoms with Gasteiger partial charge in [0.1, 0.15) is 5.92 Å². The van der Waals surface area contributed by atoms with Crippen LogP contribution in [0.3, 0.4) is 0 Å². The van der Waals surface area contributed by atoms with Crippen LogP contribution >= 0.6 is 0 Å². The topological polar surface area (TPSA) is 52.9 Å². The molecule has 3 nitrogen and oxygen atoms in total. The third kappa shape index (κ3) is 3.21. The van der Waals surface area contributed by atoms with Crippen LogP contribution in [0, 0.1) is 17.2 Å². The summed E-state index contributed by atoms with van der Waals surface area (Å²) in [5, 5.41) is 12.0. The lowest BCUT2D eigenvalue weighted by molar-refractivity contribution is -0.124. The Morgan fingerprint density at radius 1 is 1.33 bits per heavy atom. The summed E-state index contributed by atoms with van der Waals surface area (Å²) in [5.74, 6) is -0.761. The number of hydrogen-bond acceptors (Lipinski definition) is 2. The van der Waals surface area contributed by atoms with Gasteiger partial charge in [0.25, 0.3) is 0 Å². The summed E-state index contributed by atoms with van der Waals surface area (Å²) in [6, 6.07) is 11.9. The zero-order valence-corrected chi connectivity index (χ0v) is 10.2. The summed E-state index contributed by atoms with van der Waals surface area (Å²) in [6.07, 6.45) is 6.33. The Morgan fingerprint density at radius 2 is 2.00 bits per heavy atom. The predicted octanol–water partition coefficient (Wildman–Crippen LogP) is 2.20. The summed E-state index contributed by atoms with van der Waals surface area (Å²) in [6.45, 7) is 0. The largest absolute Gasteiger partial charge is 0.352 e. The van der Waals surface area contributed by atoms with Gasteiger partial charge in [0, 0.05) is 6.04 Å². The van der Waals surface area contributed by atoms with Crippen molar-refractivity contribution in [2.75, 3.05) is 0 Å². The molecular weight excluding hydrogens is 224 g/mol. The Balaban J connectivity index is 1.92. The molecule has 0 saturated heterocycles. The van der Waals surface area contributed by atoms with Crippen molar-refractivity contribution in [3.05, 3.63) is 48.0 Å². The summed E-state index contributed by atoms with van der Waals surface area (Å²) < 4.78 is 0. The van der Waals surface area contributed by atoms with Crippen LogP contribution in [0.25, 0.3) is 0 Å². The Morgan fingerprint density at radius 3 is 2.61 bits per heavy atom. The molecule has 1 amide bonds. The van der Waals surface area contributed by atoms with E-state index in [0.29, 0.717) is 6.42 Å². The van der Waals surface area contributed by atoms with E-state index in [0.717, 1.165) is 18.4 Å². The number of nitriles is 1. The molecule has 1 aliphatic carbocycles. The van der Waals surface area contributed by atoms with Crippen LogP contribution in [0.15, 0.2) is 42.5 Å². The van der Waals surface area contributed by atoms with Crippen LogP contribution in [0.2, 0.25) is 0 Å². The molecule has 0 radical (unpaired) electrons. The predicted molar refractivity (Wildman–Crippen MR) is 69.6 cm³/mol. The molecule has 0 aromatic heterocycles. The van der Waals surface area contributed by atoms with Gasteiger partial charge in [-0.1, -0.05) is 42.5 Å². The fraction of sp³-hybridized carbons (Fsp3) is 0.333. The first-order valence-corrected chi connectivity index (χ1v) is 6.18. The second-order valence-corrected chi connectivity index (χ2v) is 4.52. The average Bonchev–Trinajstić information content (AvgIpc) is 2.90. The molecule has 1 N–H and O–H groups in total. The maximum Gasteiger partial charge on any atom is 0.237 e. The maximum atomic E-state index is 12.0. The number of amides is 1. The fourth-order valence-electron chi connectivity index (χ4n) is 2.08. The quantitative estimate of drug-likeness (QED) is 0.820. The number of nitrogens with zero attached hydrogens (tertiary/aromatic N) is 1. The van der Waals surface area contributed by atoms with Gasteiger partial charge in [-0.25, -0.2) is 0 Å². The van der Waals surface area contributed by atoms with Crippen molar-refractivity contribution in [1.29, 1.82) is 5.26 Å². The number of carbonyl (C=O) groups is 1. The van der Waals surface area contributed by atoms with Crippen LogP contribution in [-0.2, 0) is 11.2 Å². The first-order chi connectivity index (χ1) is 8.79. The van der Waals surface area contributed by atoms with Crippen LogP contribution in [0.5, 0.6) is 0 Å². The standard InChI is InChI=1S/C15H16N2O/c16-11-13(10-12-6-2-1-3-7-12)15(18)17-14-8-4-5-9-14/h1-7,13-14H,8-10H2,(H,17,18). The highest BCUT2D eigenvalue weighted by atomic mass is 16.1. The van der Waals surface area contributed by atoms with Gasteiger partial charge in [0.15, 0.2) is 0 Å². The average molecular weight is 240 g/mol. The Hall–Kier alpha value is -2.08. The summed E-state index contributed by atoms with van der Waals surface area (Å²) >= 11 is 0. The molecule has 0 fully saturated rings. The van der Waals surface area contributed by atoms with E-state index >= 15 is 0 Å². The molecule has 0 bridgehead atoms. The highest BCUT2D eigenvalue weighted by molar-refractivity contribution is 5.81. The van der Waals surface area contributed by atoms with Crippen LogP contribution < -0.4 is 5.32 Å². The van der Waals surface area contributed by atoms with Gasteiger partial charge in [-0.3, -0.25) is 4.79 Å². The SMILES string of the molecule is N#CC(Cc1ccccc1)C(=O)NC1CC=CC1. The van der Waals surface area contributed by atoms with Crippen LogP contribution in [0.4, 0.5) is 0 Å². The Labute approximate surface area is 107 Å². The first kappa shape index (κ1) is 12.4. The smallest absolute Gasteiger partial charge is 0.237 e. The summed E-state index contributed by atoms with van der Waals surface area (Å²) in [4.78, 5) is 12.0. The van der Waals surface area contributed by atoms with E-state index in [4.69, 9.17) is 5.26 Å². The molecule has 0 saturated carbocycles.